The van der Waals surface area contributed by atoms with E-state index < -0.39 is 0 Å². The van der Waals surface area contributed by atoms with E-state index in [1.807, 2.05) is 56.6 Å². The van der Waals surface area contributed by atoms with Crippen molar-refractivity contribution < 1.29 is 14.6 Å². The number of aromatic nitrogens is 1. The van der Waals surface area contributed by atoms with E-state index >= 15 is 0 Å². The molecule has 0 radical (unpaired) electrons. The van der Waals surface area contributed by atoms with E-state index in [9.17, 15) is 9.90 Å². The number of carbonyl (C=O) groups excluding carboxylic acids is 1. The number of ether oxygens (including phenoxy) is 1. The Hall–Kier alpha value is -2.93. The van der Waals surface area contributed by atoms with Crippen LogP contribution in [-0.2, 0) is 11.2 Å². The van der Waals surface area contributed by atoms with Crippen LogP contribution in [0.4, 0.5) is 0 Å². The predicted molar refractivity (Wildman–Crippen MR) is 160 cm³/mol. The molecule has 0 aliphatic heterocycles. The number of rotatable bonds is 12. The van der Waals surface area contributed by atoms with Gasteiger partial charge in [0, 0.05) is 30.3 Å². The minimum atomic E-state index is -0.169. The van der Waals surface area contributed by atoms with Crippen LogP contribution in [0.15, 0.2) is 54.6 Å². The second kappa shape index (κ2) is 13.9. The van der Waals surface area contributed by atoms with Gasteiger partial charge in [-0.05, 0) is 68.6 Å². The van der Waals surface area contributed by atoms with Crippen LogP contribution in [-0.4, -0.2) is 60.8 Å². The molecule has 1 heterocycles. The van der Waals surface area contributed by atoms with Crippen LogP contribution in [0.3, 0.4) is 0 Å². The van der Waals surface area contributed by atoms with Gasteiger partial charge < -0.3 is 20.1 Å². The third-order valence-electron chi connectivity index (χ3n) is 6.74. The van der Waals surface area contributed by atoms with Crippen LogP contribution in [0, 0.1) is 12.3 Å². The molecule has 0 spiro atoms. The van der Waals surface area contributed by atoms with Crippen molar-refractivity contribution in [3.63, 3.8) is 0 Å². The lowest BCUT2D eigenvalue weighted by atomic mass is 9.85. The van der Waals surface area contributed by atoms with E-state index in [1.165, 1.54) is 0 Å². The van der Waals surface area contributed by atoms with Gasteiger partial charge in [-0.15, -0.1) is 0 Å². The Morgan fingerprint density at radius 3 is 2.51 bits per heavy atom. The molecule has 0 saturated heterocycles. The number of benzene rings is 2. The number of hydrogen-bond acceptors (Lipinski definition) is 5. The van der Waals surface area contributed by atoms with Gasteiger partial charge >= 0.3 is 0 Å². The molecule has 2 N–H and O–H groups in total. The van der Waals surface area contributed by atoms with E-state index in [4.69, 9.17) is 21.3 Å². The van der Waals surface area contributed by atoms with Crippen LogP contribution in [0.5, 0.6) is 5.75 Å². The summed E-state index contributed by atoms with van der Waals surface area (Å²) in [5.74, 6) is 0.497. The minimum Gasteiger partial charge on any atom is -0.492 e. The summed E-state index contributed by atoms with van der Waals surface area (Å²) in [5, 5.41) is 13.1. The Balaban J connectivity index is 1.96. The molecular weight excluding hydrogens is 510 g/mol. The van der Waals surface area contributed by atoms with E-state index in [0.29, 0.717) is 29.5 Å². The van der Waals surface area contributed by atoms with E-state index in [2.05, 4.69) is 50.0 Å². The number of aryl methyl sites for hydroxylation is 1. The maximum absolute atomic E-state index is 13.0. The number of amides is 1. The lowest BCUT2D eigenvalue weighted by molar-refractivity contribution is -0.122. The second-order valence-corrected chi connectivity index (χ2v) is 11.7. The van der Waals surface area contributed by atoms with Gasteiger partial charge in [-0.2, -0.15) is 0 Å². The topological polar surface area (TPSA) is 74.7 Å². The van der Waals surface area contributed by atoms with Crippen molar-refractivity contribution in [2.24, 2.45) is 5.41 Å². The van der Waals surface area contributed by atoms with Crippen molar-refractivity contribution in [3.8, 4) is 28.1 Å². The van der Waals surface area contributed by atoms with Crippen LogP contribution >= 0.6 is 11.6 Å². The Kier molecular flexibility index (Phi) is 10.9. The molecule has 1 aromatic heterocycles. The molecule has 39 heavy (non-hydrogen) atoms. The third-order valence-corrected chi connectivity index (χ3v) is 7.05. The van der Waals surface area contributed by atoms with E-state index in [1.54, 1.807) is 0 Å². The van der Waals surface area contributed by atoms with Gasteiger partial charge in [0.15, 0.2) is 0 Å². The number of nitrogens with zero attached hydrogens (tertiary/aromatic N) is 2. The highest BCUT2D eigenvalue weighted by Gasteiger charge is 2.26. The zero-order valence-corrected chi connectivity index (χ0v) is 24.8. The molecule has 7 heteroatoms. The smallest absolute Gasteiger partial charge is 0.226 e. The van der Waals surface area contributed by atoms with Crippen LogP contribution < -0.4 is 10.1 Å². The number of aliphatic hydroxyl groups excluding tert-OH is 1. The average Bonchev–Trinajstić information content (AvgIpc) is 2.87. The van der Waals surface area contributed by atoms with E-state index in [0.717, 1.165) is 40.9 Å². The molecule has 0 aliphatic rings. The van der Waals surface area contributed by atoms with Crippen molar-refractivity contribution in [3.05, 3.63) is 70.9 Å². The van der Waals surface area contributed by atoms with Gasteiger partial charge in [-0.3, -0.25) is 9.78 Å². The highest BCUT2D eigenvalue weighted by atomic mass is 35.5. The van der Waals surface area contributed by atoms with Crippen LogP contribution in [0.2, 0.25) is 5.02 Å². The van der Waals surface area contributed by atoms with Crippen molar-refractivity contribution in [2.75, 3.05) is 33.9 Å². The minimum absolute atomic E-state index is 0.0197. The van der Waals surface area contributed by atoms with Crippen molar-refractivity contribution in [1.29, 1.82) is 0 Å². The van der Waals surface area contributed by atoms with Gasteiger partial charge in [0.25, 0.3) is 0 Å². The molecule has 1 amide bonds. The summed E-state index contributed by atoms with van der Waals surface area (Å²) in [6, 6.07) is 17.7. The number of nitrogens with one attached hydrogen (secondary N) is 1. The van der Waals surface area contributed by atoms with Gasteiger partial charge in [-0.1, -0.05) is 68.8 Å². The van der Waals surface area contributed by atoms with Gasteiger partial charge in [0.1, 0.15) is 5.75 Å². The summed E-state index contributed by atoms with van der Waals surface area (Å²) < 4.78 is 6.04. The Labute approximate surface area is 238 Å². The molecule has 6 nitrogen and oxygen atoms in total. The fourth-order valence-corrected chi connectivity index (χ4v) is 4.67. The summed E-state index contributed by atoms with van der Waals surface area (Å²) in [7, 11) is 4.07. The number of halogens is 1. The van der Waals surface area contributed by atoms with Crippen LogP contribution in [0.25, 0.3) is 22.4 Å². The number of hydrogen-bond donors (Lipinski definition) is 2. The van der Waals surface area contributed by atoms with Crippen LogP contribution in [0.1, 0.15) is 44.9 Å². The zero-order chi connectivity index (χ0) is 28.6. The van der Waals surface area contributed by atoms with Gasteiger partial charge in [0.2, 0.25) is 5.91 Å². The molecule has 0 saturated carbocycles. The van der Waals surface area contributed by atoms with Crippen molar-refractivity contribution in [2.45, 2.75) is 53.0 Å². The first-order chi connectivity index (χ1) is 18.5. The Morgan fingerprint density at radius 2 is 1.85 bits per heavy atom. The lowest BCUT2D eigenvalue weighted by Gasteiger charge is -2.31. The summed E-state index contributed by atoms with van der Waals surface area (Å²) >= 11 is 6.49. The fraction of sp³-hybridized carbons (Fsp3) is 0.438. The molecule has 3 aromatic rings. The second-order valence-electron chi connectivity index (χ2n) is 11.3. The first kappa shape index (κ1) is 30.6. The summed E-state index contributed by atoms with van der Waals surface area (Å²) in [4.78, 5) is 20.1. The van der Waals surface area contributed by atoms with Gasteiger partial charge in [0.05, 0.1) is 29.4 Å². The quantitative estimate of drug-likeness (QED) is 0.264. The first-order valence-electron chi connectivity index (χ1n) is 13.5. The van der Waals surface area contributed by atoms with E-state index in [-0.39, 0.29) is 30.4 Å². The molecule has 210 valence electrons. The average molecular weight is 552 g/mol. The van der Waals surface area contributed by atoms with Crippen molar-refractivity contribution >= 4 is 17.5 Å². The molecular formula is C32H42ClN3O3. The molecule has 0 fully saturated rings. The Morgan fingerprint density at radius 1 is 1.10 bits per heavy atom. The molecule has 0 unspecified atom stereocenters. The fourth-order valence-electron chi connectivity index (χ4n) is 4.50. The maximum atomic E-state index is 13.0. The lowest BCUT2D eigenvalue weighted by Crippen LogP contribution is -2.44. The summed E-state index contributed by atoms with van der Waals surface area (Å²) in [5.41, 5.74) is 5.33. The zero-order valence-electron chi connectivity index (χ0n) is 24.1. The molecule has 0 aliphatic carbocycles. The number of pyridine rings is 1. The first-order valence-corrected chi connectivity index (χ1v) is 13.9. The molecule has 3 rings (SSSR count). The molecule has 2 aromatic carbocycles. The predicted octanol–water partition coefficient (Wildman–Crippen LogP) is 6.16. The standard InChI is InChI=1S/C32H42ClN3O3/c1-22-10-7-8-11-25(22)26-14-13-24(21-30(38)35-29(16-18-37)32(2,3)4)34-31(26)23-12-15-27(33)28(20-23)39-19-9-17-36(5)6/h7-8,10-15,20,29,37H,9,16-19,21H2,1-6H3,(H,35,38)/t29-/m0/s1. The van der Waals surface area contributed by atoms with Crippen molar-refractivity contribution in [1.82, 2.24) is 15.2 Å². The van der Waals surface area contributed by atoms with Gasteiger partial charge in [-0.25, -0.2) is 0 Å². The normalized spacial score (nSPS) is 12.4. The number of aliphatic hydroxyl groups is 1. The molecule has 1 atom stereocenters. The monoisotopic (exact) mass is 551 g/mol. The maximum Gasteiger partial charge on any atom is 0.226 e. The highest BCUT2D eigenvalue weighted by molar-refractivity contribution is 6.32. The third kappa shape index (κ3) is 8.79. The summed E-state index contributed by atoms with van der Waals surface area (Å²) in [6.45, 7) is 9.75. The SMILES string of the molecule is Cc1ccccc1-c1ccc(CC(=O)N[C@@H](CCO)C(C)(C)C)nc1-c1ccc(Cl)c(OCCCN(C)C)c1. The molecule has 0 bridgehead atoms. The Bertz CT molecular complexity index is 1250. The largest absolute Gasteiger partial charge is 0.492 e. The highest BCUT2D eigenvalue weighted by Crippen LogP contribution is 2.36. The summed E-state index contributed by atoms with van der Waals surface area (Å²) in [6.07, 6.45) is 1.53. The number of carbonyl (C=O) groups is 1.